The van der Waals surface area contributed by atoms with Crippen LogP contribution in [0.15, 0.2) is 42.7 Å². The van der Waals surface area contributed by atoms with E-state index >= 15 is 0 Å². The van der Waals surface area contributed by atoms with Crippen LogP contribution in [0.1, 0.15) is 6.92 Å². The van der Waals surface area contributed by atoms with Crippen molar-refractivity contribution >= 4 is 22.7 Å². The van der Waals surface area contributed by atoms with E-state index in [-0.39, 0.29) is 13.2 Å². The van der Waals surface area contributed by atoms with Crippen LogP contribution in [0, 0.1) is 0 Å². The SMILES string of the molecule is CC(=O)Oc1ccc2nc(-c3cccnc3)nc(NCCOCCO)c2c1. The molecule has 0 saturated carbocycles. The molecule has 8 nitrogen and oxygen atoms in total. The van der Waals surface area contributed by atoms with Crippen molar-refractivity contribution in [2.45, 2.75) is 6.92 Å². The first kappa shape index (κ1) is 18.7. The Balaban J connectivity index is 1.96. The van der Waals surface area contributed by atoms with Crippen molar-refractivity contribution < 1.29 is 19.4 Å². The fourth-order valence-corrected chi connectivity index (χ4v) is 2.50. The standard InChI is InChI=1S/C19H20N4O4/c1-13(25)27-15-4-5-17-16(11-15)19(21-7-9-26-10-8-24)23-18(22-17)14-3-2-6-20-12-14/h2-6,11-12,24H,7-10H2,1H3,(H,21,22,23). The van der Waals surface area contributed by atoms with E-state index < -0.39 is 5.97 Å². The van der Waals surface area contributed by atoms with Gasteiger partial charge in [-0.25, -0.2) is 9.97 Å². The topological polar surface area (TPSA) is 106 Å². The van der Waals surface area contributed by atoms with Crippen LogP contribution >= 0.6 is 0 Å². The number of carbonyl (C=O) groups is 1. The summed E-state index contributed by atoms with van der Waals surface area (Å²) in [5, 5.41) is 12.7. The van der Waals surface area contributed by atoms with Gasteiger partial charge in [0.05, 0.1) is 25.3 Å². The van der Waals surface area contributed by atoms with Gasteiger partial charge in [0, 0.05) is 36.8 Å². The van der Waals surface area contributed by atoms with E-state index in [9.17, 15) is 4.79 Å². The molecule has 1 aromatic carbocycles. The highest BCUT2D eigenvalue weighted by atomic mass is 16.5. The largest absolute Gasteiger partial charge is 0.427 e. The third-order valence-corrected chi connectivity index (χ3v) is 3.62. The fraction of sp³-hybridized carbons (Fsp3) is 0.263. The van der Waals surface area contributed by atoms with E-state index in [0.717, 1.165) is 10.9 Å². The molecule has 0 spiro atoms. The van der Waals surface area contributed by atoms with Gasteiger partial charge in [-0.1, -0.05) is 0 Å². The maximum absolute atomic E-state index is 11.2. The van der Waals surface area contributed by atoms with Gasteiger partial charge in [0.2, 0.25) is 0 Å². The van der Waals surface area contributed by atoms with E-state index in [1.165, 1.54) is 6.92 Å². The summed E-state index contributed by atoms with van der Waals surface area (Å²) in [6.07, 6.45) is 3.39. The molecule has 2 N–H and O–H groups in total. The molecule has 0 aliphatic heterocycles. The second-order valence-electron chi connectivity index (χ2n) is 5.67. The number of anilines is 1. The number of carbonyl (C=O) groups excluding carboxylic acids is 1. The summed E-state index contributed by atoms with van der Waals surface area (Å²) in [6.45, 7) is 2.52. The lowest BCUT2D eigenvalue weighted by molar-refractivity contribution is -0.131. The molecule has 2 aromatic heterocycles. The quantitative estimate of drug-likeness (QED) is 0.353. The second-order valence-corrected chi connectivity index (χ2v) is 5.67. The molecule has 3 rings (SSSR count). The number of aliphatic hydroxyl groups is 1. The van der Waals surface area contributed by atoms with Gasteiger partial charge < -0.3 is 19.9 Å². The molecule has 0 aliphatic rings. The Bertz CT molecular complexity index is 918. The summed E-state index contributed by atoms with van der Waals surface area (Å²) in [4.78, 5) is 24.5. The number of ether oxygens (including phenoxy) is 2. The van der Waals surface area contributed by atoms with Crippen molar-refractivity contribution in [1.82, 2.24) is 15.0 Å². The summed E-state index contributed by atoms with van der Waals surface area (Å²) >= 11 is 0. The molecule has 0 amide bonds. The van der Waals surface area contributed by atoms with E-state index in [1.54, 1.807) is 30.6 Å². The van der Waals surface area contributed by atoms with Crippen molar-refractivity contribution in [3.8, 4) is 17.1 Å². The van der Waals surface area contributed by atoms with Crippen molar-refractivity contribution in [3.63, 3.8) is 0 Å². The first-order valence-electron chi connectivity index (χ1n) is 8.50. The molecule has 140 valence electrons. The lowest BCUT2D eigenvalue weighted by atomic mass is 10.2. The van der Waals surface area contributed by atoms with Crippen LogP contribution in [0.25, 0.3) is 22.3 Å². The molecule has 0 bridgehead atoms. The van der Waals surface area contributed by atoms with Crippen LogP contribution in [0.2, 0.25) is 0 Å². The average Bonchev–Trinajstić information content (AvgIpc) is 2.68. The predicted molar refractivity (Wildman–Crippen MR) is 100 cm³/mol. The minimum Gasteiger partial charge on any atom is -0.427 e. The zero-order valence-electron chi connectivity index (χ0n) is 14.9. The highest BCUT2D eigenvalue weighted by Crippen LogP contribution is 2.28. The number of hydrogen-bond donors (Lipinski definition) is 2. The van der Waals surface area contributed by atoms with Gasteiger partial charge in [-0.15, -0.1) is 0 Å². The molecular formula is C19H20N4O4. The van der Waals surface area contributed by atoms with Gasteiger partial charge in [0.1, 0.15) is 11.6 Å². The van der Waals surface area contributed by atoms with Crippen LogP contribution in [-0.2, 0) is 9.53 Å². The summed E-state index contributed by atoms with van der Waals surface area (Å²) < 4.78 is 10.4. The van der Waals surface area contributed by atoms with Crippen LogP contribution in [-0.4, -0.2) is 52.4 Å². The fourth-order valence-electron chi connectivity index (χ4n) is 2.50. The van der Waals surface area contributed by atoms with Crippen molar-refractivity contribution in [1.29, 1.82) is 0 Å². The van der Waals surface area contributed by atoms with Gasteiger partial charge >= 0.3 is 5.97 Å². The van der Waals surface area contributed by atoms with Crippen molar-refractivity contribution in [3.05, 3.63) is 42.7 Å². The van der Waals surface area contributed by atoms with Crippen LogP contribution in [0.4, 0.5) is 5.82 Å². The molecular weight excluding hydrogens is 348 g/mol. The molecule has 27 heavy (non-hydrogen) atoms. The zero-order chi connectivity index (χ0) is 19.1. The van der Waals surface area contributed by atoms with Crippen molar-refractivity contribution in [2.24, 2.45) is 0 Å². The first-order chi connectivity index (χ1) is 13.2. The molecule has 0 saturated heterocycles. The van der Waals surface area contributed by atoms with Crippen molar-refractivity contribution in [2.75, 3.05) is 31.7 Å². The molecule has 2 heterocycles. The Hall–Kier alpha value is -3.10. The highest BCUT2D eigenvalue weighted by molar-refractivity contribution is 5.92. The molecule has 8 heteroatoms. The number of aliphatic hydroxyl groups excluding tert-OH is 1. The number of benzene rings is 1. The molecule has 0 unspecified atom stereocenters. The Labute approximate surface area is 156 Å². The Morgan fingerprint density at radius 1 is 1.22 bits per heavy atom. The van der Waals surface area contributed by atoms with E-state index in [0.29, 0.717) is 36.1 Å². The van der Waals surface area contributed by atoms with Gasteiger partial charge in [-0.05, 0) is 30.3 Å². The number of fused-ring (bicyclic) bond motifs is 1. The maximum atomic E-state index is 11.2. The Morgan fingerprint density at radius 3 is 2.85 bits per heavy atom. The Kier molecular flexibility index (Phi) is 6.24. The number of esters is 1. The van der Waals surface area contributed by atoms with Gasteiger partial charge in [-0.2, -0.15) is 0 Å². The second kappa shape index (κ2) is 9.02. The normalized spacial score (nSPS) is 10.7. The third kappa shape index (κ3) is 4.96. The number of aromatic nitrogens is 3. The first-order valence-corrected chi connectivity index (χ1v) is 8.50. The zero-order valence-corrected chi connectivity index (χ0v) is 14.9. The van der Waals surface area contributed by atoms with Crippen LogP contribution in [0.3, 0.4) is 0 Å². The Morgan fingerprint density at radius 2 is 2.11 bits per heavy atom. The third-order valence-electron chi connectivity index (χ3n) is 3.62. The minimum atomic E-state index is -0.394. The number of rotatable bonds is 8. The van der Waals surface area contributed by atoms with Crippen LogP contribution < -0.4 is 10.1 Å². The van der Waals surface area contributed by atoms with Gasteiger partial charge in [0.15, 0.2) is 5.82 Å². The summed E-state index contributed by atoms with van der Waals surface area (Å²) in [6, 6.07) is 8.90. The summed E-state index contributed by atoms with van der Waals surface area (Å²) in [5.74, 6) is 1.16. The monoisotopic (exact) mass is 368 g/mol. The molecule has 3 aromatic rings. The average molecular weight is 368 g/mol. The number of nitrogens with zero attached hydrogens (tertiary/aromatic N) is 3. The smallest absolute Gasteiger partial charge is 0.308 e. The highest BCUT2D eigenvalue weighted by Gasteiger charge is 2.11. The minimum absolute atomic E-state index is 0.0205. The number of pyridine rings is 1. The van der Waals surface area contributed by atoms with E-state index in [2.05, 4.69) is 20.3 Å². The van der Waals surface area contributed by atoms with E-state index in [4.69, 9.17) is 14.6 Å². The van der Waals surface area contributed by atoms with E-state index in [1.807, 2.05) is 12.1 Å². The predicted octanol–water partition coefficient (Wildman–Crippen LogP) is 2.04. The lowest BCUT2D eigenvalue weighted by Gasteiger charge is -2.12. The number of hydrogen-bond acceptors (Lipinski definition) is 8. The maximum Gasteiger partial charge on any atom is 0.308 e. The van der Waals surface area contributed by atoms with Crippen LogP contribution in [0.5, 0.6) is 5.75 Å². The molecule has 0 aliphatic carbocycles. The molecule has 0 atom stereocenters. The van der Waals surface area contributed by atoms with Gasteiger partial charge in [-0.3, -0.25) is 9.78 Å². The molecule has 0 fully saturated rings. The molecule has 0 radical (unpaired) electrons. The lowest BCUT2D eigenvalue weighted by Crippen LogP contribution is -2.13. The van der Waals surface area contributed by atoms with Gasteiger partial charge in [0.25, 0.3) is 0 Å². The summed E-state index contributed by atoms with van der Waals surface area (Å²) in [5.41, 5.74) is 1.50. The summed E-state index contributed by atoms with van der Waals surface area (Å²) in [7, 11) is 0. The number of nitrogens with one attached hydrogen (secondary N) is 1.